The third-order valence-corrected chi connectivity index (χ3v) is 6.03. The number of alkyl halides is 2. The van der Waals surface area contributed by atoms with Crippen LogP contribution in [-0.4, -0.2) is 40.5 Å². The Labute approximate surface area is 185 Å². The number of halogens is 3. The van der Waals surface area contributed by atoms with Crippen molar-refractivity contribution >= 4 is 35.3 Å². The summed E-state index contributed by atoms with van der Waals surface area (Å²) in [5, 5.41) is 5.06. The third kappa shape index (κ3) is 4.69. The number of hydrogen-bond acceptors (Lipinski definition) is 4. The van der Waals surface area contributed by atoms with Gasteiger partial charge in [0, 0.05) is 38.4 Å². The standard InChI is InChI=1S/C22H28ClF2N5O/c1-6-14(2)11-15(3)17-12-19(27(5)21(31)16(17)4)29-9-7-28(8-10-29)18-13-30(22(24)25)26-20(18)23/h11-13,22H,4,6-10H2,1-3,5H3/b14-11-,17-15-. The van der Waals surface area contributed by atoms with Crippen LogP contribution in [0.5, 0.6) is 0 Å². The number of hydrogen-bond donors (Lipinski definition) is 0. The zero-order chi connectivity index (χ0) is 22.9. The van der Waals surface area contributed by atoms with Gasteiger partial charge in [0.15, 0.2) is 5.15 Å². The largest absolute Gasteiger partial charge is 0.364 e. The van der Waals surface area contributed by atoms with E-state index in [2.05, 4.69) is 36.5 Å². The molecule has 2 aromatic heterocycles. The predicted molar refractivity (Wildman–Crippen MR) is 123 cm³/mol. The number of piperazine rings is 1. The lowest BCUT2D eigenvalue weighted by atomic mass is 10.1. The van der Waals surface area contributed by atoms with Crippen LogP contribution < -0.4 is 25.8 Å². The van der Waals surface area contributed by atoms with Crippen molar-refractivity contribution in [3.05, 3.63) is 49.9 Å². The molecule has 0 atom stereocenters. The van der Waals surface area contributed by atoms with Crippen LogP contribution >= 0.6 is 11.6 Å². The molecule has 3 heterocycles. The lowest BCUT2D eigenvalue weighted by Crippen LogP contribution is -2.51. The van der Waals surface area contributed by atoms with Gasteiger partial charge in [0.05, 0.1) is 11.9 Å². The summed E-state index contributed by atoms with van der Waals surface area (Å²) < 4.78 is 28.0. The van der Waals surface area contributed by atoms with Crippen molar-refractivity contribution < 1.29 is 8.78 Å². The Morgan fingerprint density at radius 1 is 1.26 bits per heavy atom. The van der Waals surface area contributed by atoms with Crippen molar-refractivity contribution in [2.45, 2.75) is 33.7 Å². The molecule has 1 saturated heterocycles. The Balaban J connectivity index is 1.91. The van der Waals surface area contributed by atoms with Gasteiger partial charge in [-0.2, -0.15) is 13.9 Å². The van der Waals surface area contributed by atoms with Crippen molar-refractivity contribution in [3.63, 3.8) is 0 Å². The summed E-state index contributed by atoms with van der Waals surface area (Å²) >= 11 is 6.07. The van der Waals surface area contributed by atoms with Gasteiger partial charge in [0.2, 0.25) is 0 Å². The number of allylic oxidation sites excluding steroid dienone is 2. The number of aromatic nitrogens is 3. The van der Waals surface area contributed by atoms with Crippen LogP contribution in [-0.2, 0) is 7.05 Å². The normalized spacial score (nSPS) is 16.3. The lowest BCUT2D eigenvalue weighted by molar-refractivity contribution is 0.0567. The Kier molecular flexibility index (Phi) is 6.89. The van der Waals surface area contributed by atoms with Gasteiger partial charge in [-0.3, -0.25) is 9.36 Å². The van der Waals surface area contributed by atoms with Crippen molar-refractivity contribution in [2.75, 3.05) is 36.0 Å². The molecule has 0 spiro atoms. The summed E-state index contributed by atoms with van der Waals surface area (Å²) in [5.74, 6) is 0.809. The van der Waals surface area contributed by atoms with E-state index in [1.54, 1.807) is 11.6 Å². The molecular weight excluding hydrogens is 424 g/mol. The van der Waals surface area contributed by atoms with Crippen molar-refractivity contribution in [2.24, 2.45) is 7.05 Å². The molecule has 168 valence electrons. The molecule has 0 saturated carbocycles. The molecule has 2 aromatic rings. The highest BCUT2D eigenvalue weighted by Crippen LogP contribution is 2.28. The van der Waals surface area contributed by atoms with E-state index in [1.807, 2.05) is 17.9 Å². The minimum atomic E-state index is -2.73. The van der Waals surface area contributed by atoms with E-state index >= 15 is 0 Å². The Morgan fingerprint density at radius 3 is 2.42 bits per heavy atom. The quantitative estimate of drug-likeness (QED) is 0.701. The first-order valence-corrected chi connectivity index (χ1v) is 10.6. The molecule has 9 heteroatoms. The van der Waals surface area contributed by atoms with E-state index in [9.17, 15) is 13.6 Å². The molecule has 31 heavy (non-hydrogen) atoms. The van der Waals surface area contributed by atoms with E-state index in [0.717, 1.165) is 23.0 Å². The molecular formula is C22H28ClF2N5O. The van der Waals surface area contributed by atoms with Gasteiger partial charge in [0.1, 0.15) is 5.82 Å². The van der Waals surface area contributed by atoms with Crippen molar-refractivity contribution in [1.29, 1.82) is 0 Å². The second-order valence-corrected chi connectivity index (χ2v) is 8.18. The maximum absolute atomic E-state index is 12.9. The maximum atomic E-state index is 12.9. The molecule has 1 fully saturated rings. The average Bonchev–Trinajstić information content (AvgIpc) is 3.14. The monoisotopic (exact) mass is 451 g/mol. The molecule has 0 bridgehead atoms. The summed E-state index contributed by atoms with van der Waals surface area (Å²) in [4.78, 5) is 16.9. The summed E-state index contributed by atoms with van der Waals surface area (Å²) in [7, 11) is 1.74. The van der Waals surface area contributed by atoms with Gasteiger partial charge in [-0.1, -0.05) is 36.8 Å². The topological polar surface area (TPSA) is 46.3 Å². The molecule has 0 radical (unpaired) electrons. The fourth-order valence-electron chi connectivity index (χ4n) is 3.79. The zero-order valence-corrected chi connectivity index (χ0v) is 19.1. The molecule has 0 amide bonds. The van der Waals surface area contributed by atoms with Crippen LogP contribution in [0.1, 0.15) is 33.7 Å². The smallest absolute Gasteiger partial charge is 0.333 e. The fourth-order valence-corrected chi connectivity index (χ4v) is 4.04. The summed E-state index contributed by atoms with van der Waals surface area (Å²) in [6, 6.07) is 2.01. The fraction of sp³-hybridized carbons (Fsp3) is 0.455. The van der Waals surface area contributed by atoms with E-state index in [1.165, 1.54) is 11.8 Å². The van der Waals surface area contributed by atoms with Gasteiger partial charge in [-0.25, -0.2) is 4.68 Å². The van der Waals surface area contributed by atoms with Crippen LogP contribution in [0.3, 0.4) is 0 Å². The van der Waals surface area contributed by atoms with Crippen molar-refractivity contribution in [3.8, 4) is 0 Å². The first kappa shape index (κ1) is 23.1. The predicted octanol–water partition coefficient (Wildman–Crippen LogP) is 2.89. The number of pyridine rings is 1. The first-order valence-electron chi connectivity index (χ1n) is 10.2. The highest BCUT2D eigenvalue weighted by molar-refractivity contribution is 6.32. The van der Waals surface area contributed by atoms with Gasteiger partial charge >= 0.3 is 6.55 Å². The highest BCUT2D eigenvalue weighted by atomic mass is 35.5. The molecule has 1 aliphatic rings. The molecule has 0 aromatic carbocycles. The minimum Gasteiger partial charge on any atom is -0.364 e. The molecule has 0 N–H and O–H groups in total. The molecule has 3 rings (SSSR count). The van der Waals surface area contributed by atoms with Gasteiger partial charge in [0.25, 0.3) is 5.56 Å². The third-order valence-electron chi connectivity index (χ3n) is 5.76. The lowest BCUT2D eigenvalue weighted by Gasteiger charge is -2.37. The summed E-state index contributed by atoms with van der Waals surface area (Å²) in [6.07, 6.45) is 4.30. The zero-order valence-electron chi connectivity index (χ0n) is 18.3. The maximum Gasteiger partial charge on any atom is 0.333 e. The Morgan fingerprint density at radius 2 is 1.87 bits per heavy atom. The van der Waals surface area contributed by atoms with Crippen LogP contribution in [0.25, 0.3) is 12.2 Å². The van der Waals surface area contributed by atoms with Gasteiger partial charge in [-0.15, -0.1) is 0 Å². The van der Waals surface area contributed by atoms with E-state index in [0.29, 0.717) is 41.8 Å². The second kappa shape index (κ2) is 9.26. The van der Waals surface area contributed by atoms with E-state index in [4.69, 9.17) is 11.6 Å². The summed E-state index contributed by atoms with van der Waals surface area (Å²) in [5.41, 5.74) is 2.61. The number of rotatable bonds is 5. The molecule has 0 aliphatic carbocycles. The number of nitrogens with zero attached hydrogens (tertiary/aromatic N) is 5. The van der Waals surface area contributed by atoms with Crippen LogP contribution in [0.15, 0.2) is 28.7 Å². The Hall–Kier alpha value is -2.61. The minimum absolute atomic E-state index is 0.0631. The number of anilines is 2. The van der Waals surface area contributed by atoms with Crippen LogP contribution in [0.2, 0.25) is 5.15 Å². The van der Waals surface area contributed by atoms with Gasteiger partial charge < -0.3 is 9.80 Å². The molecule has 6 nitrogen and oxygen atoms in total. The Bertz CT molecular complexity index is 1160. The van der Waals surface area contributed by atoms with E-state index < -0.39 is 6.55 Å². The molecule has 0 unspecified atom stereocenters. The van der Waals surface area contributed by atoms with E-state index in [-0.39, 0.29) is 10.7 Å². The van der Waals surface area contributed by atoms with Crippen LogP contribution in [0, 0.1) is 0 Å². The summed E-state index contributed by atoms with van der Waals surface area (Å²) in [6.45, 7) is 9.79. The second-order valence-electron chi connectivity index (χ2n) is 7.82. The average molecular weight is 452 g/mol. The SMILES string of the molecule is C=c1c(=O)n(C)c(N2CCN(c3cn(C(F)F)nc3Cl)CC2)c/c1=C(C)/C=C(/C)CC. The van der Waals surface area contributed by atoms with Crippen LogP contribution in [0.4, 0.5) is 20.3 Å². The van der Waals surface area contributed by atoms with Crippen molar-refractivity contribution in [1.82, 2.24) is 14.3 Å². The highest BCUT2D eigenvalue weighted by Gasteiger charge is 2.24. The van der Waals surface area contributed by atoms with Gasteiger partial charge in [-0.05, 0) is 37.1 Å². The molecule has 1 aliphatic heterocycles. The first-order chi connectivity index (χ1) is 14.6.